The molecule has 3 aromatic carbocycles. The zero-order chi connectivity index (χ0) is 33.1. The number of benzene rings is 3. The molecule has 6 rings (SSSR count). The van der Waals surface area contributed by atoms with Gasteiger partial charge in [-0.3, -0.25) is 14.6 Å². The van der Waals surface area contributed by atoms with E-state index in [9.17, 15) is 4.79 Å². The molecule has 2 aliphatic heterocycles. The molecule has 0 radical (unpaired) electrons. The van der Waals surface area contributed by atoms with E-state index in [4.69, 9.17) is 24.7 Å². The van der Waals surface area contributed by atoms with Crippen LogP contribution in [0.4, 0.5) is 23.1 Å². The number of piperazine rings is 1. The third-order valence-electron chi connectivity index (χ3n) is 8.49. The highest BCUT2D eigenvalue weighted by molar-refractivity contribution is 6.54. The highest BCUT2D eigenvalue weighted by Gasteiger charge is 2.36. The molecule has 4 aromatic rings. The maximum atomic E-state index is 13.9. The molecule has 12 nitrogen and oxygen atoms in total. The number of nitrogen functional groups attached to an aromatic ring is 1. The van der Waals surface area contributed by atoms with E-state index in [0.29, 0.717) is 41.6 Å². The number of methoxy groups -OCH3 is 4. The van der Waals surface area contributed by atoms with Crippen LogP contribution < -0.4 is 34.5 Å². The van der Waals surface area contributed by atoms with Gasteiger partial charge >= 0.3 is 0 Å². The van der Waals surface area contributed by atoms with Gasteiger partial charge in [0, 0.05) is 61.7 Å². The van der Waals surface area contributed by atoms with Crippen LogP contribution in [-0.4, -0.2) is 87.8 Å². The summed E-state index contributed by atoms with van der Waals surface area (Å²) in [7, 11) is 6.38. The van der Waals surface area contributed by atoms with Crippen LogP contribution in [0.3, 0.4) is 0 Å². The molecule has 1 saturated heterocycles. The first-order valence-corrected chi connectivity index (χ1v) is 15.3. The van der Waals surface area contributed by atoms with Crippen LogP contribution >= 0.6 is 0 Å². The average Bonchev–Trinajstić information content (AvgIpc) is 3.34. The molecule has 0 unspecified atom stereocenters. The summed E-state index contributed by atoms with van der Waals surface area (Å²) in [5.74, 6) is 2.64. The number of nitrogens with zero attached hydrogens (tertiary/aromatic N) is 6. The van der Waals surface area contributed by atoms with Gasteiger partial charge in [-0.2, -0.15) is 4.98 Å². The molecule has 0 bridgehead atoms. The van der Waals surface area contributed by atoms with E-state index in [1.165, 1.54) is 0 Å². The summed E-state index contributed by atoms with van der Waals surface area (Å²) in [6.45, 7) is 5.74. The molecular weight excluding hydrogens is 598 g/mol. The van der Waals surface area contributed by atoms with Crippen LogP contribution in [0, 0.1) is 6.92 Å². The second kappa shape index (κ2) is 13.6. The lowest BCUT2D eigenvalue weighted by Crippen LogP contribution is -2.51. The number of anilines is 3. The van der Waals surface area contributed by atoms with Crippen molar-refractivity contribution in [3.8, 4) is 23.0 Å². The number of fused-ring (bicyclic) bond motifs is 1. The lowest BCUT2D eigenvalue weighted by molar-refractivity contribution is -0.112. The second-order valence-electron chi connectivity index (χ2n) is 11.5. The predicted molar refractivity (Wildman–Crippen MR) is 182 cm³/mol. The summed E-state index contributed by atoms with van der Waals surface area (Å²) in [5, 5.41) is 0. The Labute approximate surface area is 274 Å². The van der Waals surface area contributed by atoms with Gasteiger partial charge in [0.2, 0.25) is 5.75 Å². The fraction of sp³-hybridized carbons (Fsp3) is 0.314. The summed E-state index contributed by atoms with van der Waals surface area (Å²) in [4.78, 5) is 33.9. The third kappa shape index (κ3) is 6.50. The van der Waals surface area contributed by atoms with Crippen molar-refractivity contribution in [2.24, 2.45) is 4.99 Å². The Bertz CT molecular complexity index is 1800. The van der Waals surface area contributed by atoms with Crippen molar-refractivity contribution in [2.75, 3.05) is 76.8 Å². The standard InChI is InChI=1S/C35H39N7O5/c1-22-9-10-28-27(15-22)31(34(43)42(28)21-40-11-13-41(14-12-40)25-7-6-8-26(19-25)44-2)38-35-37-20-24(33(36)39-35)16-23-17-29(45-3)32(47-5)30(18-23)46-4/h6-10,15,17-20H,11-14,16,21H2,1-5H3,(H2,36,37,39)/b38-31-. The van der Waals surface area contributed by atoms with Crippen LogP contribution in [0.5, 0.6) is 23.0 Å². The summed E-state index contributed by atoms with van der Waals surface area (Å²) >= 11 is 0. The van der Waals surface area contributed by atoms with E-state index in [0.717, 1.165) is 60.0 Å². The van der Waals surface area contributed by atoms with Gasteiger partial charge in [0.25, 0.3) is 11.9 Å². The lowest BCUT2D eigenvalue weighted by atomic mass is 10.1. The number of hydrogen-bond donors (Lipinski definition) is 1. The van der Waals surface area contributed by atoms with Crippen LogP contribution in [0.2, 0.25) is 0 Å². The number of amides is 1. The quantitative estimate of drug-likeness (QED) is 0.270. The number of rotatable bonds is 10. The molecule has 2 aliphatic rings. The van der Waals surface area contributed by atoms with Crippen molar-refractivity contribution in [3.63, 3.8) is 0 Å². The fourth-order valence-electron chi connectivity index (χ4n) is 5.99. The smallest absolute Gasteiger partial charge is 0.278 e. The number of aliphatic imine (C=N–C) groups is 1. The molecule has 244 valence electrons. The number of ether oxygens (including phenoxy) is 4. The van der Waals surface area contributed by atoms with Gasteiger partial charge in [0.05, 0.1) is 40.8 Å². The minimum atomic E-state index is -0.190. The van der Waals surface area contributed by atoms with Gasteiger partial charge in [0.15, 0.2) is 11.5 Å². The van der Waals surface area contributed by atoms with Crippen LogP contribution in [0.15, 0.2) is 65.8 Å². The molecule has 3 heterocycles. The SMILES string of the molecule is COc1cccc(N2CCN(CN3C(=O)/C(=N\c4ncc(Cc5cc(OC)c(OC)c(OC)c5)c(N)n4)c4cc(C)ccc43)CC2)c1. The Hall–Kier alpha value is -5.36. The van der Waals surface area contributed by atoms with Crippen molar-refractivity contribution in [2.45, 2.75) is 13.3 Å². The second-order valence-corrected chi connectivity index (χ2v) is 11.5. The average molecular weight is 638 g/mol. The van der Waals surface area contributed by atoms with Gasteiger partial charge in [-0.05, 0) is 48.9 Å². The number of hydrogen-bond acceptors (Lipinski definition) is 11. The predicted octanol–water partition coefficient (Wildman–Crippen LogP) is 4.24. The van der Waals surface area contributed by atoms with Crippen LogP contribution in [-0.2, 0) is 11.2 Å². The molecular formula is C35H39N7O5. The maximum absolute atomic E-state index is 13.9. The summed E-state index contributed by atoms with van der Waals surface area (Å²) in [5.41, 5.74) is 12.0. The van der Waals surface area contributed by atoms with Crippen molar-refractivity contribution in [1.29, 1.82) is 0 Å². The maximum Gasteiger partial charge on any atom is 0.278 e. The summed E-state index contributed by atoms with van der Waals surface area (Å²) in [6.07, 6.45) is 2.07. The number of aromatic nitrogens is 2. The van der Waals surface area contributed by atoms with E-state index in [2.05, 4.69) is 36.9 Å². The molecule has 1 aromatic heterocycles. The molecule has 0 saturated carbocycles. The molecule has 2 N–H and O–H groups in total. The Balaban J connectivity index is 1.20. The number of carbonyl (C=O) groups is 1. The topological polar surface area (TPSA) is 128 Å². The van der Waals surface area contributed by atoms with Crippen molar-refractivity contribution >= 4 is 34.8 Å². The number of aryl methyl sites for hydroxylation is 1. The largest absolute Gasteiger partial charge is 0.497 e. The zero-order valence-electron chi connectivity index (χ0n) is 27.3. The van der Waals surface area contributed by atoms with Gasteiger partial charge in [-0.15, -0.1) is 0 Å². The molecule has 1 amide bonds. The van der Waals surface area contributed by atoms with E-state index < -0.39 is 0 Å². The highest BCUT2D eigenvalue weighted by Crippen LogP contribution is 2.39. The first kappa shape index (κ1) is 31.6. The van der Waals surface area contributed by atoms with Crippen molar-refractivity contribution in [3.05, 3.63) is 83.0 Å². The van der Waals surface area contributed by atoms with Crippen molar-refractivity contribution in [1.82, 2.24) is 14.9 Å². The minimum Gasteiger partial charge on any atom is -0.497 e. The first-order valence-electron chi connectivity index (χ1n) is 15.3. The number of nitrogens with two attached hydrogens (primary N) is 1. The molecule has 0 aliphatic carbocycles. The summed E-state index contributed by atoms with van der Waals surface area (Å²) < 4.78 is 21.8. The van der Waals surface area contributed by atoms with Crippen LogP contribution in [0.25, 0.3) is 0 Å². The van der Waals surface area contributed by atoms with Gasteiger partial charge in [-0.25, -0.2) is 9.98 Å². The number of carbonyl (C=O) groups excluding carboxylic acids is 1. The first-order chi connectivity index (χ1) is 22.8. The molecule has 0 spiro atoms. The fourth-order valence-corrected chi connectivity index (χ4v) is 5.99. The normalized spacial score (nSPS) is 15.6. The Morgan fingerprint density at radius 3 is 2.30 bits per heavy atom. The van der Waals surface area contributed by atoms with Gasteiger partial charge in [0.1, 0.15) is 17.3 Å². The minimum absolute atomic E-state index is 0.126. The van der Waals surface area contributed by atoms with E-state index >= 15 is 0 Å². The van der Waals surface area contributed by atoms with E-state index in [1.807, 2.05) is 49.4 Å². The van der Waals surface area contributed by atoms with Crippen LogP contribution in [0.1, 0.15) is 22.3 Å². The van der Waals surface area contributed by atoms with E-state index in [-0.39, 0.29) is 17.7 Å². The lowest BCUT2D eigenvalue weighted by Gasteiger charge is -2.37. The molecule has 1 fully saturated rings. The Morgan fingerprint density at radius 1 is 0.894 bits per heavy atom. The molecule has 47 heavy (non-hydrogen) atoms. The van der Waals surface area contributed by atoms with Crippen molar-refractivity contribution < 1.29 is 23.7 Å². The summed E-state index contributed by atoms with van der Waals surface area (Å²) in [6, 6.07) is 17.8. The molecule has 0 atom stereocenters. The van der Waals surface area contributed by atoms with Gasteiger partial charge in [-0.1, -0.05) is 17.7 Å². The van der Waals surface area contributed by atoms with Gasteiger partial charge < -0.3 is 29.6 Å². The zero-order valence-corrected chi connectivity index (χ0v) is 27.3. The third-order valence-corrected chi connectivity index (χ3v) is 8.49. The monoisotopic (exact) mass is 637 g/mol. The Kier molecular flexibility index (Phi) is 9.12. The molecule has 12 heteroatoms. The van der Waals surface area contributed by atoms with E-state index in [1.54, 1.807) is 39.5 Å². The Morgan fingerprint density at radius 2 is 1.64 bits per heavy atom. The highest BCUT2D eigenvalue weighted by atomic mass is 16.5.